The molecule has 0 aliphatic rings. The smallest absolute Gasteiger partial charge is 0.130 e. The van der Waals surface area contributed by atoms with Gasteiger partial charge in [-0.1, -0.05) is 11.6 Å². The van der Waals surface area contributed by atoms with E-state index in [2.05, 4.69) is 18.9 Å². The Hall–Kier alpha value is -0.500. The zero-order valence-electron chi connectivity index (χ0n) is 7.35. The number of nitrogens with zero attached hydrogens (tertiary/aromatic N) is 2. The summed E-state index contributed by atoms with van der Waals surface area (Å²) in [5.74, 6) is 0. The van der Waals surface area contributed by atoms with Gasteiger partial charge in [-0.15, -0.1) is 0 Å². The molecule has 0 bridgehead atoms. The van der Waals surface area contributed by atoms with Crippen molar-refractivity contribution in [3.05, 3.63) is 16.4 Å². The third kappa shape index (κ3) is 1.41. The number of hydrogen-bond donors (Lipinski definition) is 0. The molecule has 0 unspecified atom stereocenters. The standard InChI is InChI=1S/C8H13ClN2/c1-5(2)11-8(9)6(3)7(4)10-11/h5H,1-4H3. The van der Waals surface area contributed by atoms with Crippen molar-refractivity contribution in [2.75, 3.05) is 0 Å². The molecule has 2 nitrogen and oxygen atoms in total. The predicted molar refractivity (Wildman–Crippen MR) is 47.1 cm³/mol. The quantitative estimate of drug-likeness (QED) is 0.637. The van der Waals surface area contributed by atoms with Crippen LogP contribution in [0.1, 0.15) is 31.1 Å². The van der Waals surface area contributed by atoms with Gasteiger partial charge in [0.15, 0.2) is 0 Å². The van der Waals surface area contributed by atoms with Gasteiger partial charge < -0.3 is 0 Å². The maximum absolute atomic E-state index is 6.01. The van der Waals surface area contributed by atoms with Crippen LogP contribution in [0, 0.1) is 13.8 Å². The van der Waals surface area contributed by atoms with Crippen molar-refractivity contribution >= 4 is 11.6 Å². The lowest BCUT2D eigenvalue weighted by Crippen LogP contribution is -2.02. The highest BCUT2D eigenvalue weighted by atomic mass is 35.5. The molecule has 0 aliphatic carbocycles. The molecule has 0 aromatic carbocycles. The van der Waals surface area contributed by atoms with Crippen LogP contribution in [0.25, 0.3) is 0 Å². The van der Waals surface area contributed by atoms with Gasteiger partial charge in [0.1, 0.15) is 5.15 Å². The lowest BCUT2D eigenvalue weighted by atomic mass is 10.3. The van der Waals surface area contributed by atoms with E-state index in [9.17, 15) is 0 Å². The summed E-state index contributed by atoms with van der Waals surface area (Å²) in [6.07, 6.45) is 0. The maximum Gasteiger partial charge on any atom is 0.130 e. The molecule has 1 aromatic heterocycles. The molecule has 0 aliphatic heterocycles. The molecule has 0 spiro atoms. The van der Waals surface area contributed by atoms with Crippen LogP contribution < -0.4 is 0 Å². The lowest BCUT2D eigenvalue weighted by Gasteiger charge is -2.05. The summed E-state index contributed by atoms with van der Waals surface area (Å²) in [6, 6.07) is 0.342. The molecule has 0 atom stereocenters. The van der Waals surface area contributed by atoms with Gasteiger partial charge in [0.25, 0.3) is 0 Å². The number of aromatic nitrogens is 2. The van der Waals surface area contributed by atoms with Crippen LogP contribution in [-0.2, 0) is 0 Å². The van der Waals surface area contributed by atoms with Gasteiger partial charge >= 0.3 is 0 Å². The van der Waals surface area contributed by atoms with E-state index in [1.165, 1.54) is 0 Å². The molecule has 0 saturated carbocycles. The van der Waals surface area contributed by atoms with Crippen LogP contribution in [0.4, 0.5) is 0 Å². The minimum Gasteiger partial charge on any atom is -0.251 e. The fraction of sp³-hybridized carbons (Fsp3) is 0.625. The molecule has 1 aromatic rings. The number of hydrogen-bond acceptors (Lipinski definition) is 1. The van der Waals surface area contributed by atoms with Gasteiger partial charge in [-0.25, -0.2) is 0 Å². The summed E-state index contributed by atoms with van der Waals surface area (Å²) in [5.41, 5.74) is 2.10. The topological polar surface area (TPSA) is 17.8 Å². The van der Waals surface area contributed by atoms with E-state index in [1.54, 1.807) is 0 Å². The highest BCUT2D eigenvalue weighted by molar-refractivity contribution is 6.30. The molecule has 0 amide bonds. The molecule has 0 N–H and O–H groups in total. The molecule has 0 saturated heterocycles. The Morgan fingerprint density at radius 2 is 1.91 bits per heavy atom. The van der Waals surface area contributed by atoms with E-state index < -0.39 is 0 Å². The average molecular weight is 173 g/mol. The molecular formula is C8H13ClN2. The number of aryl methyl sites for hydroxylation is 1. The van der Waals surface area contributed by atoms with Crippen molar-refractivity contribution in [2.45, 2.75) is 33.7 Å². The molecule has 11 heavy (non-hydrogen) atoms. The Morgan fingerprint density at radius 3 is 2.09 bits per heavy atom. The summed E-state index contributed by atoms with van der Waals surface area (Å²) in [4.78, 5) is 0. The minimum atomic E-state index is 0.342. The fourth-order valence-corrected chi connectivity index (χ4v) is 1.31. The Bertz CT molecular complexity index is 263. The van der Waals surface area contributed by atoms with Crippen molar-refractivity contribution in [3.63, 3.8) is 0 Å². The highest BCUT2D eigenvalue weighted by Crippen LogP contribution is 2.21. The third-order valence-electron chi connectivity index (χ3n) is 1.80. The van der Waals surface area contributed by atoms with Gasteiger partial charge in [0.2, 0.25) is 0 Å². The number of rotatable bonds is 1. The first-order chi connectivity index (χ1) is 5.04. The third-order valence-corrected chi connectivity index (χ3v) is 2.26. The normalized spacial score (nSPS) is 11.1. The van der Waals surface area contributed by atoms with Crippen LogP contribution in [0.15, 0.2) is 0 Å². The second kappa shape index (κ2) is 2.86. The fourth-order valence-electron chi connectivity index (χ4n) is 0.944. The van der Waals surface area contributed by atoms with Crippen molar-refractivity contribution in [3.8, 4) is 0 Å². The van der Waals surface area contributed by atoms with Crippen LogP contribution >= 0.6 is 11.6 Å². The zero-order chi connectivity index (χ0) is 8.59. The molecule has 0 radical (unpaired) electrons. The first-order valence-electron chi connectivity index (χ1n) is 3.75. The van der Waals surface area contributed by atoms with Crippen LogP contribution in [-0.4, -0.2) is 9.78 Å². The Morgan fingerprint density at radius 1 is 1.36 bits per heavy atom. The highest BCUT2D eigenvalue weighted by Gasteiger charge is 2.10. The second-order valence-corrected chi connectivity index (χ2v) is 3.40. The number of halogens is 1. The van der Waals surface area contributed by atoms with E-state index >= 15 is 0 Å². The van der Waals surface area contributed by atoms with Crippen molar-refractivity contribution in [1.82, 2.24) is 9.78 Å². The van der Waals surface area contributed by atoms with E-state index in [4.69, 9.17) is 11.6 Å². The SMILES string of the molecule is Cc1nn(C(C)C)c(Cl)c1C. The first kappa shape index (κ1) is 8.60. The Kier molecular flexibility index (Phi) is 2.23. The largest absolute Gasteiger partial charge is 0.251 e. The molecule has 0 fully saturated rings. The Labute approximate surface area is 72.2 Å². The van der Waals surface area contributed by atoms with Crippen molar-refractivity contribution < 1.29 is 0 Å². The molecule has 1 heterocycles. The van der Waals surface area contributed by atoms with E-state index in [0.717, 1.165) is 16.4 Å². The van der Waals surface area contributed by atoms with Crippen LogP contribution in [0.2, 0.25) is 5.15 Å². The van der Waals surface area contributed by atoms with Gasteiger partial charge in [-0.2, -0.15) is 5.10 Å². The van der Waals surface area contributed by atoms with Gasteiger partial charge in [0.05, 0.1) is 5.69 Å². The molecular weight excluding hydrogens is 160 g/mol. The minimum absolute atomic E-state index is 0.342. The first-order valence-corrected chi connectivity index (χ1v) is 4.13. The van der Waals surface area contributed by atoms with Gasteiger partial charge in [-0.3, -0.25) is 4.68 Å². The van der Waals surface area contributed by atoms with E-state index in [0.29, 0.717) is 6.04 Å². The average Bonchev–Trinajstić information content (AvgIpc) is 2.17. The molecule has 3 heteroatoms. The molecule has 62 valence electrons. The van der Waals surface area contributed by atoms with Crippen molar-refractivity contribution in [2.24, 2.45) is 0 Å². The monoisotopic (exact) mass is 172 g/mol. The summed E-state index contributed by atoms with van der Waals surface area (Å²) in [5, 5.41) is 5.06. The van der Waals surface area contributed by atoms with E-state index in [1.807, 2.05) is 18.5 Å². The summed E-state index contributed by atoms with van der Waals surface area (Å²) >= 11 is 6.01. The summed E-state index contributed by atoms with van der Waals surface area (Å²) in [7, 11) is 0. The van der Waals surface area contributed by atoms with Crippen LogP contribution in [0.3, 0.4) is 0 Å². The van der Waals surface area contributed by atoms with Crippen molar-refractivity contribution in [1.29, 1.82) is 0 Å². The maximum atomic E-state index is 6.01. The molecule has 1 rings (SSSR count). The van der Waals surface area contributed by atoms with Gasteiger partial charge in [0, 0.05) is 11.6 Å². The lowest BCUT2D eigenvalue weighted by molar-refractivity contribution is 0.530. The van der Waals surface area contributed by atoms with Gasteiger partial charge in [-0.05, 0) is 27.7 Å². The van der Waals surface area contributed by atoms with Crippen LogP contribution in [0.5, 0.6) is 0 Å². The predicted octanol–water partition coefficient (Wildman–Crippen LogP) is 2.73. The summed E-state index contributed by atoms with van der Waals surface area (Å²) < 4.78 is 1.84. The van der Waals surface area contributed by atoms with E-state index in [-0.39, 0.29) is 0 Å². The second-order valence-electron chi connectivity index (χ2n) is 3.04. The zero-order valence-corrected chi connectivity index (χ0v) is 8.11. The Balaban J connectivity index is 3.19. The summed E-state index contributed by atoms with van der Waals surface area (Å²) in [6.45, 7) is 8.10.